The van der Waals surface area contributed by atoms with Crippen LogP contribution in [0.25, 0.3) is 6.08 Å². The molecule has 0 aromatic carbocycles. The van der Waals surface area contributed by atoms with Crippen molar-refractivity contribution in [1.29, 1.82) is 0 Å². The molecule has 10 heavy (non-hydrogen) atoms. The van der Waals surface area contributed by atoms with Gasteiger partial charge in [-0.15, -0.1) is 0 Å². The van der Waals surface area contributed by atoms with Crippen molar-refractivity contribution in [1.82, 2.24) is 4.98 Å². The summed E-state index contributed by atoms with van der Waals surface area (Å²) in [5.74, 6) is 0. The van der Waals surface area contributed by atoms with Crippen molar-refractivity contribution in [3.05, 3.63) is 35.0 Å². The van der Waals surface area contributed by atoms with Gasteiger partial charge in [0.05, 0.1) is 0 Å². The lowest BCUT2D eigenvalue weighted by atomic mass is 10.2. The average molecular weight is 151 g/mol. The molecule has 0 saturated carbocycles. The number of nitrogens with zero attached hydrogens (tertiary/aromatic N) is 1. The van der Waals surface area contributed by atoms with E-state index in [1.54, 1.807) is 5.41 Å². The number of aryl methyl sites for hydroxylation is 1. The van der Waals surface area contributed by atoms with Gasteiger partial charge in [0.1, 0.15) is 0 Å². The SMILES string of the molecule is Cc1ccc(/C=C\S)cn1. The van der Waals surface area contributed by atoms with Crippen LogP contribution in [0.15, 0.2) is 23.7 Å². The van der Waals surface area contributed by atoms with Gasteiger partial charge in [0.2, 0.25) is 0 Å². The molecule has 0 fully saturated rings. The lowest BCUT2D eigenvalue weighted by Crippen LogP contribution is -1.79. The molecule has 0 aliphatic heterocycles. The molecule has 1 aromatic heterocycles. The molecule has 0 saturated heterocycles. The summed E-state index contributed by atoms with van der Waals surface area (Å²) in [6.45, 7) is 1.97. The molecule has 0 spiro atoms. The minimum atomic E-state index is 1.04. The van der Waals surface area contributed by atoms with Crippen LogP contribution >= 0.6 is 12.6 Å². The third kappa shape index (κ3) is 1.88. The highest BCUT2D eigenvalue weighted by molar-refractivity contribution is 7.83. The third-order valence-corrected chi connectivity index (χ3v) is 1.35. The smallest absolute Gasteiger partial charge is 0.0373 e. The Bertz CT molecular complexity index is 226. The zero-order chi connectivity index (χ0) is 7.40. The van der Waals surface area contributed by atoms with Crippen molar-refractivity contribution in [3.63, 3.8) is 0 Å². The molecule has 0 amide bonds. The second-order valence-electron chi connectivity index (χ2n) is 2.05. The third-order valence-electron chi connectivity index (χ3n) is 1.20. The molecule has 1 nitrogen and oxygen atoms in total. The Balaban J connectivity index is 2.89. The first-order valence-electron chi connectivity index (χ1n) is 3.06. The van der Waals surface area contributed by atoms with E-state index in [9.17, 15) is 0 Å². The molecular weight excluding hydrogens is 142 g/mol. The maximum Gasteiger partial charge on any atom is 0.0373 e. The summed E-state index contributed by atoms with van der Waals surface area (Å²) in [5, 5.41) is 1.70. The van der Waals surface area contributed by atoms with E-state index in [4.69, 9.17) is 0 Å². The number of hydrogen-bond acceptors (Lipinski definition) is 2. The number of rotatable bonds is 1. The lowest BCUT2D eigenvalue weighted by Gasteiger charge is -1.91. The Kier molecular flexibility index (Phi) is 2.51. The molecule has 0 atom stereocenters. The van der Waals surface area contributed by atoms with Crippen LogP contribution in [-0.4, -0.2) is 4.98 Å². The van der Waals surface area contributed by atoms with Gasteiger partial charge in [-0.3, -0.25) is 4.98 Å². The Morgan fingerprint density at radius 1 is 1.50 bits per heavy atom. The van der Waals surface area contributed by atoms with E-state index in [0.717, 1.165) is 11.3 Å². The number of hydrogen-bond donors (Lipinski definition) is 1. The summed E-state index contributed by atoms with van der Waals surface area (Å²) in [6, 6.07) is 3.98. The van der Waals surface area contributed by atoms with Gasteiger partial charge in [-0.05, 0) is 30.0 Å². The van der Waals surface area contributed by atoms with E-state index in [2.05, 4.69) is 17.6 Å². The Morgan fingerprint density at radius 3 is 2.80 bits per heavy atom. The summed E-state index contributed by atoms with van der Waals surface area (Å²) in [6.07, 6.45) is 3.72. The van der Waals surface area contributed by atoms with E-state index in [1.807, 2.05) is 31.3 Å². The van der Waals surface area contributed by atoms with Gasteiger partial charge < -0.3 is 0 Å². The van der Waals surface area contributed by atoms with Gasteiger partial charge in [0.25, 0.3) is 0 Å². The average Bonchev–Trinajstić information content (AvgIpc) is 1.95. The Hall–Kier alpha value is -0.760. The van der Waals surface area contributed by atoms with Gasteiger partial charge in [-0.1, -0.05) is 6.07 Å². The maximum atomic E-state index is 4.11. The Labute approximate surface area is 66.2 Å². The molecule has 1 rings (SSSR count). The first kappa shape index (κ1) is 7.35. The molecule has 0 radical (unpaired) electrons. The van der Waals surface area contributed by atoms with Gasteiger partial charge in [0, 0.05) is 11.9 Å². The van der Waals surface area contributed by atoms with E-state index >= 15 is 0 Å². The molecular formula is C8H9NS. The molecule has 0 aliphatic carbocycles. The minimum absolute atomic E-state index is 1.04. The van der Waals surface area contributed by atoms with Crippen molar-refractivity contribution in [2.24, 2.45) is 0 Å². The fraction of sp³-hybridized carbons (Fsp3) is 0.125. The van der Waals surface area contributed by atoms with E-state index < -0.39 is 0 Å². The molecule has 1 aromatic rings. The summed E-state index contributed by atoms with van der Waals surface area (Å²) in [4.78, 5) is 4.11. The van der Waals surface area contributed by atoms with Gasteiger partial charge in [-0.25, -0.2) is 0 Å². The Morgan fingerprint density at radius 2 is 2.30 bits per heavy atom. The minimum Gasteiger partial charge on any atom is -0.261 e. The molecule has 2 heteroatoms. The monoisotopic (exact) mass is 151 g/mol. The van der Waals surface area contributed by atoms with Crippen molar-refractivity contribution < 1.29 is 0 Å². The molecule has 52 valence electrons. The van der Waals surface area contributed by atoms with Crippen molar-refractivity contribution >= 4 is 18.7 Å². The molecule has 0 bridgehead atoms. The second kappa shape index (κ2) is 3.42. The summed E-state index contributed by atoms with van der Waals surface area (Å²) >= 11 is 3.95. The first-order chi connectivity index (χ1) is 4.83. The molecule has 0 unspecified atom stereocenters. The van der Waals surface area contributed by atoms with E-state index in [1.165, 1.54) is 0 Å². The van der Waals surface area contributed by atoms with Crippen LogP contribution in [-0.2, 0) is 0 Å². The van der Waals surface area contributed by atoms with Crippen LogP contribution in [0.3, 0.4) is 0 Å². The normalized spacial score (nSPS) is 10.6. The highest BCUT2D eigenvalue weighted by Gasteiger charge is 1.84. The lowest BCUT2D eigenvalue weighted by molar-refractivity contribution is 1.19. The largest absolute Gasteiger partial charge is 0.261 e. The molecule has 0 N–H and O–H groups in total. The standard InChI is InChI=1S/C8H9NS/c1-7-2-3-8(4-5-10)6-9-7/h2-6,10H,1H3/b5-4-. The predicted molar refractivity (Wildman–Crippen MR) is 47.0 cm³/mol. The first-order valence-corrected chi connectivity index (χ1v) is 3.58. The highest BCUT2D eigenvalue weighted by Crippen LogP contribution is 2.01. The van der Waals surface area contributed by atoms with Crippen LogP contribution in [0.5, 0.6) is 0 Å². The quantitative estimate of drug-likeness (QED) is 0.608. The van der Waals surface area contributed by atoms with Crippen LogP contribution in [0, 0.1) is 6.92 Å². The van der Waals surface area contributed by atoms with Crippen molar-refractivity contribution in [2.75, 3.05) is 0 Å². The van der Waals surface area contributed by atoms with E-state index in [0.29, 0.717) is 0 Å². The second-order valence-corrected chi connectivity index (χ2v) is 2.35. The molecule has 0 aliphatic rings. The van der Waals surface area contributed by atoms with Gasteiger partial charge in [-0.2, -0.15) is 12.6 Å². The number of pyridine rings is 1. The number of aromatic nitrogens is 1. The van der Waals surface area contributed by atoms with Gasteiger partial charge in [0.15, 0.2) is 0 Å². The van der Waals surface area contributed by atoms with Crippen molar-refractivity contribution in [2.45, 2.75) is 6.92 Å². The topological polar surface area (TPSA) is 12.9 Å². The van der Waals surface area contributed by atoms with E-state index in [-0.39, 0.29) is 0 Å². The summed E-state index contributed by atoms with van der Waals surface area (Å²) in [5.41, 5.74) is 2.12. The zero-order valence-corrected chi connectivity index (χ0v) is 6.68. The number of thiol groups is 1. The van der Waals surface area contributed by atoms with Crippen LogP contribution in [0.4, 0.5) is 0 Å². The van der Waals surface area contributed by atoms with Crippen LogP contribution < -0.4 is 0 Å². The summed E-state index contributed by atoms with van der Waals surface area (Å²) < 4.78 is 0. The predicted octanol–water partition coefficient (Wildman–Crippen LogP) is 2.29. The fourth-order valence-electron chi connectivity index (χ4n) is 0.664. The zero-order valence-electron chi connectivity index (χ0n) is 5.78. The molecule has 1 heterocycles. The fourth-order valence-corrected chi connectivity index (χ4v) is 0.836. The van der Waals surface area contributed by atoms with Crippen LogP contribution in [0.1, 0.15) is 11.3 Å². The maximum absolute atomic E-state index is 4.11. The highest BCUT2D eigenvalue weighted by atomic mass is 32.1. The summed E-state index contributed by atoms with van der Waals surface area (Å²) in [7, 11) is 0. The van der Waals surface area contributed by atoms with Crippen molar-refractivity contribution in [3.8, 4) is 0 Å². The van der Waals surface area contributed by atoms with Crippen LogP contribution in [0.2, 0.25) is 0 Å². The van der Waals surface area contributed by atoms with Gasteiger partial charge >= 0.3 is 0 Å².